The van der Waals surface area contributed by atoms with E-state index < -0.39 is 0 Å². The summed E-state index contributed by atoms with van der Waals surface area (Å²) >= 11 is 0. The number of nitrogens with zero attached hydrogens (tertiary/aromatic N) is 1. The average Bonchev–Trinajstić information content (AvgIpc) is 2.43. The van der Waals surface area contributed by atoms with Crippen LogP contribution in [-0.4, -0.2) is 42.2 Å². The molecule has 0 bridgehead atoms. The zero-order valence-corrected chi connectivity index (χ0v) is 11.6. The lowest BCUT2D eigenvalue weighted by atomic mass is 9.99. The van der Waals surface area contributed by atoms with Crippen molar-refractivity contribution >= 4 is 11.6 Å². The minimum atomic E-state index is -0.377. The molecule has 1 amide bonds. The first-order valence-electron chi connectivity index (χ1n) is 6.89. The van der Waals surface area contributed by atoms with Gasteiger partial charge in [0.05, 0.1) is 17.4 Å². The number of hydrogen-bond donors (Lipinski definition) is 2. The van der Waals surface area contributed by atoms with Crippen LogP contribution in [0.4, 0.5) is 5.69 Å². The third-order valence-electron chi connectivity index (χ3n) is 3.53. The summed E-state index contributed by atoms with van der Waals surface area (Å²) in [6, 6.07) is 5.90. The van der Waals surface area contributed by atoms with E-state index >= 15 is 0 Å². The molecule has 0 aliphatic carbocycles. The van der Waals surface area contributed by atoms with Gasteiger partial charge < -0.3 is 15.3 Å². The van der Waals surface area contributed by atoms with Crippen molar-refractivity contribution in [2.45, 2.75) is 32.3 Å². The normalized spacial score (nSPS) is 15.3. The highest BCUT2D eigenvalue weighted by Crippen LogP contribution is 2.26. The molecule has 0 aromatic heterocycles. The molecule has 2 N–H and O–H groups in total. The number of anilines is 1. The Morgan fingerprint density at radius 1 is 1.53 bits per heavy atom. The van der Waals surface area contributed by atoms with Crippen LogP contribution in [0.1, 0.15) is 35.7 Å². The number of amides is 1. The maximum atomic E-state index is 12.4. The number of nitrogens with one attached hydrogen (secondary N) is 1. The second-order valence-electron chi connectivity index (χ2n) is 5.23. The molecule has 1 aliphatic heterocycles. The number of fused-ring (bicyclic) bond motifs is 1. The summed E-state index contributed by atoms with van der Waals surface area (Å²) in [5.74, 6) is 0.0203. The van der Waals surface area contributed by atoms with Gasteiger partial charge in [0.25, 0.3) is 5.91 Å². The topological polar surface area (TPSA) is 52.6 Å². The smallest absolute Gasteiger partial charge is 0.255 e. The highest BCUT2D eigenvalue weighted by Gasteiger charge is 2.19. The standard InChI is InChI=1S/C15H22N2O2/c1-11(18)8-10-17(2)15(19)13-7-3-5-12-6-4-9-16-14(12)13/h3,5,7,11,16,18H,4,6,8-10H2,1-2H3. The van der Waals surface area contributed by atoms with E-state index in [1.807, 2.05) is 12.1 Å². The third-order valence-corrected chi connectivity index (χ3v) is 3.53. The molecule has 4 nitrogen and oxygen atoms in total. The summed E-state index contributed by atoms with van der Waals surface area (Å²) in [6.07, 6.45) is 2.37. The molecule has 0 saturated carbocycles. The SMILES string of the molecule is CC(O)CCN(C)C(=O)c1cccc2c1NCCC2. The van der Waals surface area contributed by atoms with E-state index in [2.05, 4.69) is 11.4 Å². The maximum absolute atomic E-state index is 12.4. The summed E-state index contributed by atoms with van der Waals surface area (Å²) in [5, 5.41) is 12.6. The maximum Gasteiger partial charge on any atom is 0.255 e. The van der Waals surface area contributed by atoms with Crippen LogP contribution in [0.3, 0.4) is 0 Å². The Morgan fingerprint density at radius 3 is 3.05 bits per heavy atom. The quantitative estimate of drug-likeness (QED) is 0.871. The Bertz CT molecular complexity index is 457. The number of rotatable bonds is 4. The van der Waals surface area contributed by atoms with Gasteiger partial charge in [0, 0.05) is 20.1 Å². The number of aryl methyl sites for hydroxylation is 1. The number of benzene rings is 1. The van der Waals surface area contributed by atoms with Crippen LogP contribution in [-0.2, 0) is 6.42 Å². The molecule has 0 saturated heterocycles. The fourth-order valence-electron chi connectivity index (χ4n) is 2.38. The van der Waals surface area contributed by atoms with Crippen LogP contribution in [0.25, 0.3) is 0 Å². The van der Waals surface area contributed by atoms with Crippen molar-refractivity contribution in [1.82, 2.24) is 4.90 Å². The molecular weight excluding hydrogens is 240 g/mol. The Balaban J connectivity index is 2.15. The number of carbonyl (C=O) groups is 1. The van der Waals surface area contributed by atoms with Gasteiger partial charge in [-0.2, -0.15) is 0 Å². The molecule has 1 aliphatic rings. The van der Waals surface area contributed by atoms with Gasteiger partial charge >= 0.3 is 0 Å². The van der Waals surface area contributed by atoms with Gasteiger partial charge in [-0.3, -0.25) is 4.79 Å². The van der Waals surface area contributed by atoms with E-state index in [1.165, 1.54) is 5.56 Å². The van der Waals surface area contributed by atoms with E-state index in [-0.39, 0.29) is 12.0 Å². The van der Waals surface area contributed by atoms with Gasteiger partial charge in [-0.05, 0) is 37.8 Å². The Morgan fingerprint density at radius 2 is 2.32 bits per heavy atom. The van der Waals surface area contributed by atoms with Crippen molar-refractivity contribution in [3.05, 3.63) is 29.3 Å². The number of carbonyl (C=O) groups excluding carboxylic acids is 1. The monoisotopic (exact) mass is 262 g/mol. The summed E-state index contributed by atoms with van der Waals surface area (Å²) in [7, 11) is 1.78. The zero-order valence-electron chi connectivity index (χ0n) is 11.6. The number of aliphatic hydroxyl groups excluding tert-OH is 1. The fraction of sp³-hybridized carbons (Fsp3) is 0.533. The van der Waals surface area contributed by atoms with Crippen molar-refractivity contribution in [1.29, 1.82) is 0 Å². The van der Waals surface area contributed by atoms with Gasteiger partial charge in [-0.1, -0.05) is 12.1 Å². The summed E-state index contributed by atoms with van der Waals surface area (Å²) in [6.45, 7) is 3.24. The highest BCUT2D eigenvalue weighted by atomic mass is 16.3. The Labute approximate surface area is 114 Å². The zero-order chi connectivity index (χ0) is 13.8. The molecule has 1 unspecified atom stereocenters. The molecule has 1 heterocycles. The van der Waals surface area contributed by atoms with Crippen LogP contribution >= 0.6 is 0 Å². The van der Waals surface area contributed by atoms with E-state index in [1.54, 1.807) is 18.9 Å². The summed E-state index contributed by atoms with van der Waals surface area (Å²) < 4.78 is 0. The average molecular weight is 262 g/mol. The second-order valence-corrected chi connectivity index (χ2v) is 5.23. The van der Waals surface area contributed by atoms with Crippen molar-refractivity contribution in [3.8, 4) is 0 Å². The minimum Gasteiger partial charge on any atom is -0.393 e. The van der Waals surface area contributed by atoms with Crippen LogP contribution in [0, 0.1) is 0 Å². The molecule has 19 heavy (non-hydrogen) atoms. The molecule has 0 radical (unpaired) electrons. The number of aliphatic hydroxyl groups is 1. The lowest BCUT2D eigenvalue weighted by Gasteiger charge is -2.24. The van der Waals surface area contributed by atoms with E-state index in [0.717, 1.165) is 30.6 Å². The van der Waals surface area contributed by atoms with Gasteiger partial charge in [0.1, 0.15) is 0 Å². The summed E-state index contributed by atoms with van der Waals surface area (Å²) in [5.41, 5.74) is 2.95. The molecule has 1 atom stereocenters. The van der Waals surface area contributed by atoms with Crippen molar-refractivity contribution in [2.75, 3.05) is 25.5 Å². The molecule has 2 rings (SSSR count). The Hall–Kier alpha value is -1.55. The Kier molecular flexibility index (Phi) is 4.43. The largest absolute Gasteiger partial charge is 0.393 e. The molecule has 104 valence electrons. The lowest BCUT2D eigenvalue weighted by Crippen LogP contribution is -2.30. The minimum absolute atomic E-state index is 0.0203. The van der Waals surface area contributed by atoms with Crippen LogP contribution in [0.5, 0.6) is 0 Å². The first-order chi connectivity index (χ1) is 9.09. The lowest BCUT2D eigenvalue weighted by molar-refractivity contribution is 0.0769. The van der Waals surface area contributed by atoms with E-state index in [4.69, 9.17) is 0 Å². The highest BCUT2D eigenvalue weighted by molar-refractivity contribution is 6.00. The first kappa shape index (κ1) is 13.9. The molecular formula is C15H22N2O2. The van der Waals surface area contributed by atoms with Crippen molar-refractivity contribution in [2.24, 2.45) is 0 Å². The molecule has 4 heteroatoms. The predicted molar refractivity (Wildman–Crippen MR) is 76.5 cm³/mol. The van der Waals surface area contributed by atoms with Crippen LogP contribution in [0.2, 0.25) is 0 Å². The van der Waals surface area contributed by atoms with Crippen LogP contribution < -0.4 is 5.32 Å². The number of para-hydroxylation sites is 1. The second kappa shape index (κ2) is 6.06. The van der Waals surface area contributed by atoms with Gasteiger partial charge in [0.2, 0.25) is 0 Å². The van der Waals surface area contributed by atoms with Gasteiger partial charge in [-0.25, -0.2) is 0 Å². The molecule has 0 fully saturated rings. The molecule has 1 aromatic carbocycles. The van der Waals surface area contributed by atoms with Gasteiger partial charge in [-0.15, -0.1) is 0 Å². The molecule has 1 aromatic rings. The van der Waals surface area contributed by atoms with Crippen LogP contribution in [0.15, 0.2) is 18.2 Å². The van der Waals surface area contributed by atoms with E-state index in [9.17, 15) is 9.90 Å². The van der Waals surface area contributed by atoms with Crippen molar-refractivity contribution in [3.63, 3.8) is 0 Å². The predicted octanol–water partition coefficient (Wildman–Crippen LogP) is 1.89. The van der Waals surface area contributed by atoms with Gasteiger partial charge in [0.15, 0.2) is 0 Å². The summed E-state index contributed by atoms with van der Waals surface area (Å²) in [4.78, 5) is 14.1. The third kappa shape index (κ3) is 3.26. The first-order valence-corrected chi connectivity index (χ1v) is 6.89. The molecule has 0 spiro atoms. The fourth-order valence-corrected chi connectivity index (χ4v) is 2.38. The number of hydrogen-bond acceptors (Lipinski definition) is 3. The van der Waals surface area contributed by atoms with E-state index in [0.29, 0.717) is 13.0 Å². The van der Waals surface area contributed by atoms with Crippen molar-refractivity contribution < 1.29 is 9.90 Å².